The number of rotatable bonds is 2. The highest BCUT2D eigenvalue weighted by atomic mass is 16.5. The summed E-state index contributed by atoms with van der Waals surface area (Å²) in [6.07, 6.45) is 6.80. The minimum atomic E-state index is 0.188. The number of ether oxygens (including phenoxy) is 1. The van der Waals surface area contributed by atoms with Gasteiger partial charge in [0.2, 0.25) is 5.91 Å². The number of anilines is 1. The second kappa shape index (κ2) is 5.79. The standard InChI is InChI=1S/C20H25NO2/c1-13-11-18-12-17(15-7-9-23-10-8-15)5-6-19(18)21(14(2)22)20(13)16-3-4-16/h5-7,12-13,16,20H,3-4,8-11H2,1-2H3/t13?,20-/m1/s1. The van der Waals surface area contributed by atoms with Gasteiger partial charge in [-0.05, 0) is 66.4 Å². The Morgan fingerprint density at radius 2 is 2.13 bits per heavy atom. The van der Waals surface area contributed by atoms with E-state index in [2.05, 4.69) is 36.1 Å². The van der Waals surface area contributed by atoms with Crippen LogP contribution in [0, 0.1) is 11.8 Å². The summed E-state index contributed by atoms with van der Waals surface area (Å²) in [5.74, 6) is 1.44. The van der Waals surface area contributed by atoms with E-state index in [1.807, 2.05) is 0 Å². The zero-order valence-electron chi connectivity index (χ0n) is 14.0. The van der Waals surface area contributed by atoms with Crippen molar-refractivity contribution in [1.82, 2.24) is 0 Å². The Kier molecular flexibility index (Phi) is 3.76. The van der Waals surface area contributed by atoms with Crippen molar-refractivity contribution in [2.45, 2.75) is 45.6 Å². The molecule has 4 rings (SSSR count). The highest BCUT2D eigenvalue weighted by Gasteiger charge is 2.43. The Balaban J connectivity index is 1.72. The van der Waals surface area contributed by atoms with Gasteiger partial charge in [-0.3, -0.25) is 4.79 Å². The monoisotopic (exact) mass is 311 g/mol. The van der Waals surface area contributed by atoms with Crippen LogP contribution in [-0.4, -0.2) is 25.2 Å². The lowest BCUT2D eigenvalue weighted by atomic mass is 9.83. The first-order valence-electron chi connectivity index (χ1n) is 8.85. The maximum absolute atomic E-state index is 12.3. The van der Waals surface area contributed by atoms with Gasteiger partial charge < -0.3 is 9.64 Å². The van der Waals surface area contributed by atoms with Crippen LogP contribution in [0.4, 0.5) is 5.69 Å². The summed E-state index contributed by atoms with van der Waals surface area (Å²) >= 11 is 0. The first-order valence-corrected chi connectivity index (χ1v) is 8.85. The van der Waals surface area contributed by atoms with Crippen LogP contribution in [0.1, 0.15) is 44.2 Å². The van der Waals surface area contributed by atoms with Crippen molar-refractivity contribution in [3.05, 3.63) is 35.4 Å². The number of carbonyl (C=O) groups is 1. The van der Waals surface area contributed by atoms with Crippen molar-refractivity contribution >= 4 is 17.2 Å². The van der Waals surface area contributed by atoms with E-state index in [-0.39, 0.29) is 5.91 Å². The number of nitrogens with zero attached hydrogens (tertiary/aromatic N) is 1. The number of fused-ring (bicyclic) bond motifs is 1. The lowest BCUT2D eigenvalue weighted by Crippen LogP contribution is -2.48. The van der Waals surface area contributed by atoms with Crippen molar-refractivity contribution in [3.63, 3.8) is 0 Å². The molecule has 23 heavy (non-hydrogen) atoms. The maximum Gasteiger partial charge on any atom is 0.224 e. The number of carbonyl (C=O) groups excluding carboxylic acids is 1. The number of hydrogen-bond acceptors (Lipinski definition) is 2. The van der Waals surface area contributed by atoms with Crippen LogP contribution in [0.5, 0.6) is 0 Å². The highest BCUT2D eigenvalue weighted by Crippen LogP contribution is 2.45. The molecule has 3 aliphatic rings. The van der Waals surface area contributed by atoms with E-state index in [9.17, 15) is 4.79 Å². The molecule has 1 fully saturated rings. The summed E-state index contributed by atoms with van der Waals surface area (Å²) in [6, 6.07) is 7.06. The first kappa shape index (κ1) is 14.9. The molecular formula is C20H25NO2. The Morgan fingerprint density at radius 3 is 2.78 bits per heavy atom. The summed E-state index contributed by atoms with van der Waals surface area (Å²) < 4.78 is 5.42. The molecule has 122 valence electrons. The van der Waals surface area contributed by atoms with Gasteiger partial charge in [-0.2, -0.15) is 0 Å². The fraction of sp³-hybridized carbons (Fsp3) is 0.550. The molecule has 0 bridgehead atoms. The number of hydrogen-bond donors (Lipinski definition) is 0. The van der Waals surface area contributed by atoms with E-state index in [0.717, 1.165) is 25.1 Å². The Morgan fingerprint density at radius 1 is 1.30 bits per heavy atom. The van der Waals surface area contributed by atoms with Gasteiger partial charge in [0.25, 0.3) is 0 Å². The van der Waals surface area contributed by atoms with Crippen LogP contribution >= 0.6 is 0 Å². The van der Waals surface area contributed by atoms with Gasteiger partial charge in [0.1, 0.15) is 0 Å². The van der Waals surface area contributed by atoms with Crippen molar-refractivity contribution in [1.29, 1.82) is 0 Å². The topological polar surface area (TPSA) is 29.5 Å². The van der Waals surface area contributed by atoms with Gasteiger partial charge in [0, 0.05) is 18.7 Å². The fourth-order valence-electron chi connectivity index (χ4n) is 4.35. The Hall–Kier alpha value is -1.61. The molecule has 3 heteroatoms. The molecule has 1 unspecified atom stereocenters. The summed E-state index contributed by atoms with van der Waals surface area (Å²) in [4.78, 5) is 14.4. The average molecular weight is 311 g/mol. The maximum atomic E-state index is 12.3. The largest absolute Gasteiger partial charge is 0.377 e. The Bertz CT molecular complexity index is 660. The molecule has 0 aromatic heterocycles. The third-order valence-corrected chi connectivity index (χ3v) is 5.54. The molecule has 2 atom stereocenters. The van der Waals surface area contributed by atoms with E-state index in [1.54, 1.807) is 6.92 Å². The molecule has 1 aliphatic carbocycles. The molecule has 1 saturated carbocycles. The zero-order valence-corrected chi connectivity index (χ0v) is 14.0. The summed E-state index contributed by atoms with van der Waals surface area (Å²) in [7, 11) is 0. The molecule has 2 aliphatic heterocycles. The van der Waals surface area contributed by atoms with Crippen LogP contribution in [-0.2, 0) is 16.0 Å². The third kappa shape index (κ3) is 2.72. The van der Waals surface area contributed by atoms with E-state index in [4.69, 9.17) is 4.74 Å². The molecule has 1 aromatic carbocycles. The predicted molar refractivity (Wildman–Crippen MR) is 92.4 cm³/mol. The molecular weight excluding hydrogens is 286 g/mol. The molecule has 2 heterocycles. The summed E-state index contributed by atoms with van der Waals surface area (Å²) in [5.41, 5.74) is 5.15. The van der Waals surface area contributed by atoms with Crippen molar-refractivity contribution in [2.75, 3.05) is 18.1 Å². The normalized spacial score (nSPS) is 27.4. The van der Waals surface area contributed by atoms with Crippen LogP contribution in [0.3, 0.4) is 0 Å². The quantitative estimate of drug-likeness (QED) is 0.831. The van der Waals surface area contributed by atoms with Crippen molar-refractivity contribution in [3.8, 4) is 0 Å². The highest BCUT2D eigenvalue weighted by molar-refractivity contribution is 5.94. The van der Waals surface area contributed by atoms with E-state index in [1.165, 1.54) is 29.5 Å². The molecule has 0 saturated heterocycles. The molecule has 1 aromatic rings. The molecule has 1 amide bonds. The van der Waals surface area contributed by atoms with Gasteiger partial charge >= 0.3 is 0 Å². The third-order valence-electron chi connectivity index (χ3n) is 5.54. The predicted octanol–water partition coefficient (Wildman–Crippen LogP) is 3.81. The smallest absolute Gasteiger partial charge is 0.224 e. The second-order valence-corrected chi connectivity index (χ2v) is 7.30. The van der Waals surface area contributed by atoms with Gasteiger partial charge in [0.05, 0.1) is 13.2 Å². The number of benzene rings is 1. The van der Waals surface area contributed by atoms with Gasteiger partial charge in [-0.15, -0.1) is 0 Å². The molecule has 0 radical (unpaired) electrons. The second-order valence-electron chi connectivity index (χ2n) is 7.30. The van der Waals surface area contributed by atoms with Gasteiger partial charge in [0.15, 0.2) is 0 Å². The van der Waals surface area contributed by atoms with Crippen LogP contribution in [0.2, 0.25) is 0 Å². The number of amides is 1. The van der Waals surface area contributed by atoms with Crippen molar-refractivity contribution in [2.24, 2.45) is 11.8 Å². The van der Waals surface area contributed by atoms with Crippen LogP contribution in [0.15, 0.2) is 24.3 Å². The lowest BCUT2D eigenvalue weighted by Gasteiger charge is -2.41. The Labute approximate surface area is 138 Å². The zero-order chi connectivity index (χ0) is 16.0. The lowest BCUT2D eigenvalue weighted by molar-refractivity contribution is -0.117. The van der Waals surface area contributed by atoms with Crippen LogP contribution < -0.4 is 4.90 Å². The summed E-state index contributed by atoms with van der Waals surface area (Å²) in [6.45, 7) is 5.54. The summed E-state index contributed by atoms with van der Waals surface area (Å²) in [5, 5.41) is 0. The van der Waals surface area contributed by atoms with Gasteiger partial charge in [-0.1, -0.05) is 19.1 Å². The van der Waals surface area contributed by atoms with E-state index >= 15 is 0 Å². The van der Waals surface area contributed by atoms with E-state index in [0.29, 0.717) is 24.5 Å². The molecule has 0 spiro atoms. The minimum absolute atomic E-state index is 0.188. The van der Waals surface area contributed by atoms with Crippen molar-refractivity contribution < 1.29 is 9.53 Å². The molecule has 3 nitrogen and oxygen atoms in total. The van der Waals surface area contributed by atoms with E-state index < -0.39 is 0 Å². The first-order chi connectivity index (χ1) is 11.1. The fourth-order valence-corrected chi connectivity index (χ4v) is 4.35. The SMILES string of the molecule is CC(=O)N1c2ccc(C3=CCOCC3)cc2CC(C)[C@@H]1C1CC1. The van der Waals surface area contributed by atoms with Gasteiger partial charge in [-0.25, -0.2) is 0 Å². The average Bonchev–Trinajstić information content (AvgIpc) is 3.38. The minimum Gasteiger partial charge on any atom is -0.377 e. The van der Waals surface area contributed by atoms with Crippen LogP contribution in [0.25, 0.3) is 5.57 Å². The molecule has 0 N–H and O–H groups in total.